The lowest BCUT2D eigenvalue weighted by atomic mass is 10.1. The van der Waals surface area contributed by atoms with E-state index in [1.165, 1.54) is 6.07 Å². The molecule has 1 aliphatic carbocycles. The summed E-state index contributed by atoms with van der Waals surface area (Å²) in [7, 11) is 1.72. The molecule has 0 radical (unpaired) electrons. The van der Waals surface area contributed by atoms with Crippen LogP contribution in [0, 0.1) is 5.82 Å². The summed E-state index contributed by atoms with van der Waals surface area (Å²) in [5, 5.41) is 6.49. The Morgan fingerprint density at radius 3 is 2.90 bits per heavy atom. The first-order chi connectivity index (χ1) is 10.3. The third-order valence-electron chi connectivity index (χ3n) is 3.65. The van der Waals surface area contributed by atoms with Crippen molar-refractivity contribution in [3.05, 3.63) is 59.8 Å². The summed E-state index contributed by atoms with van der Waals surface area (Å²) < 4.78 is 19.0. The minimum absolute atomic E-state index is 0.134. The molecule has 0 saturated heterocycles. The summed E-state index contributed by atoms with van der Waals surface area (Å²) in [4.78, 5) is 4.18. The Bertz CT molecular complexity index is 624. The van der Waals surface area contributed by atoms with Gasteiger partial charge in [-0.15, -0.1) is 0 Å². The van der Waals surface area contributed by atoms with Gasteiger partial charge in [0.25, 0.3) is 0 Å². The van der Waals surface area contributed by atoms with E-state index in [4.69, 9.17) is 4.42 Å². The normalized spacial score (nSPS) is 21.1. The van der Waals surface area contributed by atoms with Gasteiger partial charge in [0.05, 0.1) is 12.8 Å². The fourth-order valence-corrected chi connectivity index (χ4v) is 2.43. The highest BCUT2D eigenvalue weighted by atomic mass is 19.1. The molecule has 110 valence electrons. The zero-order valence-corrected chi connectivity index (χ0v) is 11.8. The van der Waals surface area contributed by atoms with Crippen molar-refractivity contribution in [1.82, 2.24) is 10.6 Å². The Labute approximate surface area is 123 Å². The fourth-order valence-electron chi connectivity index (χ4n) is 2.43. The molecule has 0 aliphatic heterocycles. The average Bonchev–Trinajstić information content (AvgIpc) is 3.05. The van der Waals surface area contributed by atoms with Crippen LogP contribution in [0.15, 0.2) is 52.1 Å². The highest BCUT2D eigenvalue weighted by Crippen LogP contribution is 2.41. The maximum atomic E-state index is 13.7. The van der Waals surface area contributed by atoms with Crippen molar-refractivity contribution in [2.45, 2.75) is 24.9 Å². The Morgan fingerprint density at radius 1 is 1.33 bits per heavy atom. The van der Waals surface area contributed by atoms with Crippen LogP contribution in [0.2, 0.25) is 0 Å². The zero-order valence-electron chi connectivity index (χ0n) is 11.8. The van der Waals surface area contributed by atoms with Crippen LogP contribution in [0.4, 0.5) is 4.39 Å². The topological polar surface area (TPSA) is 49.6 Å². The molecule has 1 aromatic heterocycles. The molecule has 5 heteroatoms. The minimum Gasteiger partial charge on any atom is -0.467 e. The van der Waals surface area contributed by atoms with Crippen LogP contribution in [0.5, 0.6) is 0 Å². The summed E-state index contributed by atoms with van der Waals surface area (Å²) in [5.74, 6) is 1.63. The van der Waals surface area contributed by atoms with Gasteiger partial charge in [-0.3, -0.25) is 4.99 Å². The number of furan rings is 1. The van der Waals surface area contributed by atoms with E-state index in [1.54, 1.807) is 19.4 Å². The maximum Gasteiger partial charge on any atom is 0.191 e. The first-order valence-corrected chi connectivity index (χ1v) is 7.02. The van der Waals surface area contributed by atoms with Crippen molar-refractivity contribution in [3.63, 3.8) is 0 Å². The number of aliphatic imine (C=N–C) groups is 1. The van der Waals surface area contributed by atoms with E-state index in [9.17, 15) is 4.39 Å². The smallest absolute Gasteiger partial charge is 0.191 e. The fraction of sp³-hybridized carbons (Fsp3) is 0.312. The van der Waals surface area contributed by atoms with E-state index in [1.807, 2.05) is 24.3 Å². The van der Waals surface area contributed by atoms with E-state index >= 15 is 0 Å². The number of benzene rings is 1. The zero-order chi connectivity index (χ0) is 14.7. The number of hydrogen-bond donors (Lipinski definition) is 2. The predicted molar refractivity (Wildman–Crippen MR) is 79.6 cm³/mol. The molecular weight excluding hydrogens is 269 g/mol. The van der Waals surface area contributed by atoms with E-state index in [0.717, 1.165) is 17.7 Å². The molecule has 1 heterocycles. The molecule has 1 saturated carbocycles. The van der Waals surface area contributed by atoms with Gasteiger partial charge >= 0.3 is 0 Å². The van der Waals surface area contributed by atoms with E-state index in [-0.39, 0.29) is 17.8 Å². The molecule has 0 spiro atoms. The SMILES string of the molecule is CN=C(NCc1ccco1)NC1CC1c1ccccc1F. The summed E-state index contributed by atoms with van der Waals surface area (Å²) in [6.45, 7) is 0.573. The van der Waals surface area contributed by atoms with Crippen molar-refractivity contribution >= 4 is 5.96 Å². The Morgan fingerprint density at radius 2 is 2.19 bits per heavy atom. The van der Waals surface area contributed by atoms with Crippen LogP contribution >= 0.6 is 0 Å². The number of rotatable bonds is 4. The van der Waals surface area contributed by atoms with Gasteiger partial charge in [-0.25, -0.2) is 4.39 Å². The lowest BCUT2D eigenvalue weighted by molar-refractivity contribution is 0.501. The van der Waals surface area contributed by atoms with Gasteiger partial charge in [0.1, 0.15) is 11.6 Å². The van der Waals surface area contributed by atoms with Crippen LogP contribution in [0.1, 0.15) is 23.7 Å². The lowest BCUT2D eigenvalue weighted by Gasteiger charge is -2.11. The predicted octanol–water partition coefficient (Wildman–Crippen LogP) is 2.64. The molecule has 2 unspecified atom stereocenters. The van der Waals surface area contributed by atoms with Crippen molar-refractivity contribution in [3.8, 4) is 0 Å². The number of halogens is 1. The number of nitrogens with zero attached hydrogens (tertiary/aromatic N) is 1. The van der Waals surface area contributed by atoms with Crippen molar-refractivity contribution in [2.24, 2.45) is 4.99 Å². The molecule has 4 nitrogen and oxygen atoms in total. The largest absolute Gasteiger partial charge is 0.467 e. The minimum atomic E-state index is -0.134. The van der Waals surface area contributed by atoms with Crippen LogP contribution in [-0.2, 0) is 6.54 Å². The van der Waals surface area contributed by atoms with Crippen LogP contribution in [0.25, 0.3) is 0 Å². The summed E-state index contributed by atoms with van der Waals surface area (Å²) in [5.41, 5.74) is 0.775. The monoisotopic (exact) mass is 287 g/mol. The molecule has 0 bridgehead atoms. The molecule has 2 aromatic rings. The Kier molecular flexibility index (Phi) is 3.90. The van der Waals surface area contributed by atoms with Gasteiger partial charge in [0, 0.05) is 19.0 Å². The van der Waals surface area contributed by atoms with E-state index in [0.29, 0.717) is 12.5 Å². The van der Waals surface area contributed by atoms with Crippen LogP contribution in [0.3, 0.4) is 0 Å². The summed E-state index contributed by atoms with van der Waals surface area (Å²) in [6, 6.07) is 10.9. The second kappa shape index (κ2) is 5.99. The van der Waals surface area contributed by atoms with Gasteiger partial charge in [-0.05, 0) is 30.2 Å². The molecule has 2 N–H and O–H groups in total. The standard InChI is InChI=1S/C16H18FN3O/c1-18-16(19-10-11-5-4-8-21-11)20-15-9-13(15)12-6-2-3-7-14(12)17/h2-8,13,15H,9-10H2,1H3,(H2,18,19,20). The molecule has 1 aromatic carbocycles. The second-order valence-corrected chi connectivity index (χ2v) is 5.12. The Hall–Kier alpha value is -2.30. The molecule has 3 rings (SSSR count). The van der Waals surface area contributed by atoms with Crippen LogP contribution in [-0.4, -0.2) is 19.0 Å². The molecule has 21 heavy (non-hydrogen) atoms. The third-order valence-corrected chi connectivity index (χ3v) is 3.65. The number of hydrogen-bond acceptors (Lipinski definition) is 2. The first-order valence-electron chi connectivity index (χ1n) is 7.02. The quantitative estimate of drug-likeness (QED) is 0.671. The second-order valence-electron chi connectivity index (χ2n) is 5.12. The van der Waals surface area contributed by atoms with Crippen molar-refractivity contribution in [2.75, 3.05) is 7.05 Å². The van der Waals surface area contributed by atoms with Gasteiger partial charge in [-0.2, -0.15) is 0 Å². The van der Waals surface area contributed by atoms with Gasteiger partial charge in [-0.1, -0.05) is 18.2 Å². The van der Waals surface area contributed by atoms with Crippen molar-refractivity contribution < 1.29 is 8.81 Å². The van der Waals surface area contributed by atoms with E-state index < -0.39 is 0 Å². The summed E-state index contributed by atoms with van der Waals surface area (Å²) >= 11 is 0. The van der Waals surface area contributed by atoms with Gasteiger partial charge in [0.15, 0.2) is 5.96 Å². The lowest BCUT2D eigenvalue weighted by Crippen LogP contribution is -2.38. The maximum absolute atomic E-state index is 13.7. The Balaban J connectivity index is 1.54. The van der Waals surface area contributed by atoms with E-state index in [2.05, 4.69) is 15.6 Å². The molecule has 2 atom stereocenters. The molecule has 1 fully saturated rings. The molecule has 1 aliphatic rings. The van der Waals surface area contributed by atoms with Gasteiger partial charge < -0.3 is 15.1 Å². The molecular formula is C16H18FN3O. The van der Waals surface area contributed by atoms with Gasteiger partial charge in [0.2, 0.25) is 0 Å². The third kappa shape index (κ3) is 3.24. The highest BCUT2D eigenvalue weighted by Gasteiger charge is 2.40. The van der Waals surface area contributed by atoms with Crippen LogP contribution < -0.4 is 10.6 Å². The average molecular weight is 287 g/mol. The number of nitrogens with one attached hydrogen (secondary N) is 2. The summed E-state index contributed by atoms with van der Waals surface area (Å²) in [6.07, 6.45) is 2.56. The van der Waals surface area contributed by atoms with Crippen molar-refractivity contribution in [1.29, 1.82) is 0 Å². The first kappa shape index (κ1) is 13.7. The molecule has 0 amide bonds. The highest BCUT2D eigenvalue weighted by molar-refractivity contribution is 5.80. The number of guanidine groups is 1.